The van der Waals surface area contributed by atoms with Gasteiger partial charge in [0.2, 0.25) is 0 Å². The van der Waals surface area contributed by atoms with E-state index in [1.54, 1.807) is 0 Å². The third-order valence-electron chi connectivity index (χ3n) is 3.54. The molecule has 0 aliphatic heterocycles. The van der Waals surface area contributed by atoms with Crippen LogP contribution in [-0.2, 0) is 5.41 Å². The number of hydrogen-bond donors (Lipinski definition) is 1. The molecule has 0 atom stereocenters. The summed E-state index contributed by atoms with van der Waals surface area (Å²) in [5.74, 6) is 0.998. The van der Waals surface area contributed by atoms with Crippen LogP contribution in [0.25, 0.3) is 0 Å². The molecule has 120 valence electrons. The minimum absolute atomic E-state index is 0.192. The maximum atomic E-state index is 5.86. The van der Waals surface area contributed by atoms with E-state index >= 15 is 0 Å². The van der Waals surface area contributed by atoms with Crippen LogP contribution in [0.2, 0.25) is 0 Å². The van der Waals surface area contributed by atoms with Gasteiger partial charge < -0.3 is 15.0 Å². The van der Waals surface area contributed by atoms with Gasteiger partial charge in [-0.05, 0) is 63.1 Å². The molecule has 1 N–H and O–H groups in total. The predicted molar refractivity (Wildman–Crippen MR) is 91.4 cm³/mol. The molecule has 0 spiro atoms. The molecule has 0 saturated heterocycles. The van der Waals surface area contributed by atoms with Crippen molar-refractivity contribution in [2.75, 3.05) is 40.3 Å². The van der Waals surface area contributed by atoms with Crippen LogP contribution in [0.15, 0.2) is 18.2 Å². The van der Waals surface area contributed by atoms with E-state index in [0.717, 1.165) is 32.0 Å². The van der Waals surface area contributed by atoms with E-state index in [9.17, 15) is 0 Å². The van der Waals surface area contributed by atoms with Crippen LogP contribution in [0, 0.1) is 6.92 Å². The van der Waals surface area contributed by atoms with Crippen LogP contribution in [0.1, 0.15) is 38.3 Å². The molecular weight excluding hydrogens is 260 g/mol. The summed E-state index contributed by atoms with van der Waals surface area (Å²) < 4.78 is 5.86. The molecule has 0 unspecified atom stereocenters. The SMILES string of the molecule is Cc1cc(C(C)(C)C)ccc1OCCNCCCN(C)C. The highest BCUT2D eigenvalue weighted by Crippen LogP contribution is 2.27. The van der Waals surface area contributed by atoms with Crippen LogP contribution in [-0.4, -0.2) is 45.2 Å². The minimum Gasteiger partial charge on any atom is -0.492 e. The van der Waals surface area contributed by atoms with Crippen LogP contribution in [0.4, 0.5) is 0 Å². The van der Waals surface area contributed by atoms with E-state index in [-0.39, 0.29) is 5.41 Å². The van der Waals surface area contributed by atoms with Gasteiger partial charge >= 0.3 is 0 Å². The summed E-state index contributed by atoms with van der Waals surface area (Å²) >= 11 is 0. The Morgan fingerprint density at radius 1 is 1.14 bits per heavy atom. The lowest BCUT2D eigenvalue weighted by Gasteiger charge is -2.20. The second-order valence-electron chi connectivity index (χ2n) is 6.99. The lowest BCUT2D eigenvalue weighted by Crippen LogP contribution is -2.25. The number of ether oxygens (including phenoxy) is 1. The summed E-state index contributed by atoms with van der Waals surface area (Å²) in [5.41, 5.74) is 2.77. The number of aryl methyl sites for hydroxylation is 1. The summed E-state index contributed by atoms with van der Waals surface area (Å²) in [6.45, 7) is 12.6. The first-order valence-corrected chi connectivity index (χ1v) is 7.90. The van der Waals surface area contributed by atoms with Crippen LogP contribution in [0.3, 0.4) is 0 Å². The minimum atomic E-state index is 0.192. The zero-order valence-corrected chi connectivity index (χ0v) is 14.6. The lowest BCUT2D eigenvalue weighted by atomic mass is 9.86. The van der Waals surface area contributed by atoms with E-state index in [1.165, 1.54) is 17.5 Å². The van der Waals surface area contributed by atoms with Crippen molar-refractivity contribution in [1.29, 1.82) is 0 Å². The average molecular weight is 292 g/mol. The molecule has 0 aliphatic carbocycles. The van der Waals surface area contributed by atoms with Crippen LogP contribution >= 0.6 is 0 Å². The van der Waals surface area contributed by atoms with Crippen LogP contribution in [0.5, 0.6) is 5.75 Å². The predicted octanol–water partition coefficient (Wildman–Crippen LogP) is 3.21. The molecule has 21 heavy (non-hydrogen) atoms. The van der Waals surface area contributed by atoms with Crippen molar-refractivity contribution in [3.05, 3.63) is 29.3 Å². The normalized spacial score (nSPS) is 12.0. The monoisotopic (exact) mass is 292 g/mol. The van der Waals surface area contributed by atoms with Gasteiger partial charge in [-0.25, -0.2) is 0 Å². The average Bonchev–Trinajstić information content (AvgIpc) is 2.37. The molecule has 0 radical (unpaired) electrons. The maximum absolute atomic E-state index is 5.86. The van der Waals surface area contributed by atoms with Gasteiger partial charge in [-0.3, -0.25) is 0 Å². The fourth-order valence-electron chi connectivity index (χ4n) is 2.16. The molecule has 0 saturated carbocycles. The lowest BCUT2D eigenvalue weighted by molar-refractivity contribution is 0.309. The number of nitrogens with one attached hydrogen (secondary N) is 1. The van der Waals surface area contributed by atoms with Gasteiger partial charge in [-0.1, -0.05) is 32.9 Å². The van der Waals surface area contributed by atoms with Gasteiger partial charge in [0.05, 0.1) is 0 Å². The Morgan fingerprint density at radius 3 is 2.43 bits per heavy atom. The molecule has 1 rings (SSSR count). The standard InChI is InChI=1S/C18H32N2O/c1-15-14-16(18(2,3)4)8-9-17(15)21-13-11-19-10-7-12-20(5)6/h8-9,14,19H,7,10-13H2,1-6H3. The smallest absolute Gasteiger partial charge is 0.122 e. The largest absolute Gasteiger partial charge is 0.492 e. The van der Waals surface area contributed by atoms with Crippen LogP contribution < -0.4 is 10.1 Å². The van der Waals surface area contributed by atoms with E-state index in [4.69, 9.17) is 4.74 Å². The molecule has 0 amide bonds. The second-order valence-corrected chi connectivity index (χ2v) is 6.99. The first kappa shape index (κ1) is 18.0. The highest BCUT2D eigenvalue weighted by atomic mass is 16.5. The van der Waals surface area contributed by atoms with E-state index < -0.39 is 0 Å². The molecular formula is C18H32N2O. The Hall–Kier alpha value is -1.06. The second kappa shape index (κ2) is 8.40. The molecule has 3 nitrogen and oxygen atoms in total. The topological polar surface area (TPSA) is 24.5 Å². The van der Waals surface area contributed by atoms with Gasteiger partial charge in [0.25, 0.3) is 0 Å². The van der Waals surface area contributed by atoms with Crippen molar-refractivity contribution in [1.82, 2.24) is 10.2 Å². The number of benzene rings is 1. The van der Waals surface area contributed by atoms with E-state index in [2.05, 4.69) is 70.2 Å². The summed E-state index contributed by atoms with van der Waals surface area (Å²) in [4.78, 5) is 2.21. The van der Waals surface area contributed by atoms with Crippen molar-refractivity contribution in [2.45, 2.75) is 39.5 Å². The van der Waals surface area contributed by atoms with E-state index in [1.807, 2.05) is 0 Å². The number of hydrogen-bond acceptors (Lipinski definition) is 3. The summed E-state index contributed by atoms with van der Waals surface area (Å²) in [7, 11) is 4.21. The molecule has 0 heterocycles. The van der Waals surface area contributed by atoms with Gasteiger partial charge in [0.15, 0.2) is 0 Å². The third-order valence-corrected chi connectivity index (χ3v) is 3.54. The van der Waals surface area contributed by atoms with E-state index in [0.29, 0.717) is 0 Å². The maximum Gasteiger partial charge on any atom is 0.122 e. The number of rotatable bonds is 8. The van der Waals surface area contributed by atoms with Gasteiger partial charge in [0, 0.05) is 6.54 Å². The molecule has 0 bridgehead atoms. The molecule has 1 aromatic rings. The summed E-state index contributed by atoms with van der Waals surface area (Å²) in [5, 5.41) is 3.41. The molecule has 0 fully saturated rings. The number of nitrogens with zero attached hydrogens (tertiary/aromatic N) is 1. The van der Waals surface area contributed by atoms with Crippen molar-refractivity contribution in [3.63, 3.8) is 0 Å². The molecule has 3 heteroatoms. The Bertz CT molecular complexity index is 422. The highest BCUT2D eigenvalue weighted by Gasteiger charge is 2.14. The zero-order valence-electron chi connectivity index (χ0n) is 14.6. The molecule has 0 aliphatic rings. The third kappa shape index (κ3) is 6.96. The quantitative estimate of drug-likeness (QED) is 0.745. The Labute approximate surface area is 130 Å². The fourth-order valence-corrected chi connectivity index (χ4v) is 2.16. The molecule has 0 aromatic heterocycles. The van der Waals surface area contributed by atoms with Gasteiger partial charge in [0.1, 0.15) is 12.4 Å². The first-order valence-electron chi connectivity index (χ1n) is 7.90. The van der Waals surface area contributed by atoms with Gasteiger partial charge in [-0.15, -0.1) is 0 Å². The van der Waals surface area contributed by atoms with Crippen molar-refractivity contribution >= 4 is 0 Å². The zero-order chi connectivity index (χ0) is 15.9. The summed E-state index contributed by atoms with van der Waals surface area (Å²) in [6, 6.07) is 6.51. The first-order chi connectivity index (χ1) is 9.80. The van der Waals surface area contributed by atoms with Crippen molar-refractivity contribution < 1.29 is 4.74 Å². The van der Waals surface area contributed by atoms with Gasteiger partial charge in [-0.2, -0.15) is 0 Å². The van der Waals surface area contributed by atoms with Crippen molar-refractivity contribution in [2.24, 2.45) is 0 Å². The fraction of sp³-hybridized carbons (Fsp3) is 0.667. The Balaban J connectivity index is 2.30. The molecule has 1 aromatic carbocycles. The Kier molecular flexibility index (Phi) is 7.20. The highest BCUT2D eigenvalue weighted by molar-refractivity contribution is 5.38. The van der Waals surface area contributed by atoms with Crippen molar-refractivity contribution in [3.8, 4) is 5.75 Å². The Morgan fingerprint density at radius 2 is 1.86 bits per heavy atom. The summed E-state index contributed by atoms with van der Waals surface area (Å²) in [6.07, 6.45) is 1.17.